The Bertz CT molecular complexity index is 617. The molecule has 1 fully saturated rings. The maximum absolute atomic E-state index is 4.70. The van der Waals surface area contributed by atoms with Crippen LogP contribution in [0.25, 0.3) is 0 Å². The van der Waals surface area contributed by atoms with Crippen LogP contribution in [0, 0.1) is 0 Å². The minimum Gasteiger partial charge on any atom is -0.354 e. The predicted octanol–water partition coefficient (Wildman–Crippen LogP) is 2.76. The van der Waals surface area contributed by atoms with Gasteiger partial charge in [0.15, 0.2) is 5.96 Å². The second-order valence-corrected chi connectivity index (χ2v) is 6.51. The number of aryl methyl sites for hydroxylation is 2. The molecule has 0 atom stereocenters. The zero-order valence-electron chi connectivity index (χ0n) is 12.9. The number of guanidine groups is 1. The summed E-state index contributed by atoms with van der Waals surface area (Å²) in [7, 11) is 1.81. The van der Waals surface area contributed by atoms with E-state index in [1.54, 1.807) is 11.3 Å². The van der Waals surface area contributed by atoms with E-state index in [1.807, 2.05) is 7.05 Å². The number of thiazole rings is 1. The standard InChI is InChI=1S/C17H22N4S/c1-18-17(21-14-8-9-14)19-11-15-12-22-16(20-15)10-7-13-5-3-2-4-6-13/h2-6,12,14H,7-11H2,1H3,(H2,18,19,21). The lowest BCUT2D eigenvalue weighted by molar-refractivity contribution is 0.790. The van der Waals surface area contributed by atoms with E-state index in [4.69, 9.17) is 4.98 Å². The zero-order valence-corrected chi connectivity index (χ0v) is 13.7. The van der Waals surface area contributed by atoms with Crippen molar-refractivity contribution in [3.05, 3.63) is 52.0 Å². The molecule has 5 heteroatoms. The lowest BCUT2D eigenvalue weighted by Gasteiger charge is -2.09. The van der Waals surface area contributed by atoms with E-state index in [1.165, 1.54) is 23.4 Å². The van der Waals surface area contributed by atoms with Crippen molar-refractivity contribution >= 4 is 17.3 Å². The van der Waals surface area contributed by atoms with E-state index < -0.39 is 0 Å². The molecule has 2 aromatic rings. The van der Waals surface area contributed by atoms with Crippen LogP contribution in [0.15, 0.2) is 40.7 Å². The van der Waals surface area contributed by atoms with Gasteiger partial charge in [0.05, 0.1) is 17.2 Å². The maximum atomic E-state index is 4.70. The molecule has 0 bridgehead atoms. The quantitative estimate of drug-likeness (QED) is 0.637. The molecule has 0 spiro atoms. The minimum absolute atomic E-state index is 0.614. The van der Waals surface area contributed by atoms with Gasteiger partial charge in [-0.2, -0.15) is 0 Å². The van der Waals surface area contributed by atoms with Gasteiger partial charge in [0, 0.05) is 24.9 Å². The molecule has 4 nitrogen and oxygen atoms in total. The van der Waals surface area contributed by atoms with Crippen molar-refractivity contribution in [2.75, 3.05) is 7.05 Å². The van der Waals surface area contributed by atoms with Crippen molar-refractivity contribution in [1.29, 1.82) is 0 Å². The van der Waals surface area contributed by atoms with Crippen LogP contribution in [0.3, 0.4) is 0 Å². The van der Waals surface area contributed by atoms with E-state index in [0.717, 1.165) is 31.0 Å². The number of aromatic nitrogens is 1. The second kappa shape index (κ2) is 7.40. The van der Waals surface area contributed by atoms with Gasteiger partial charge in [-0.3, -0.25) is 4.99 Å². The van der Waals surface area contributed by atoms with Crippen LogP contribution in [0.5, 0.6) is 0 Å². The van der Waals surface area contributed by atoms with Crippen LogP contribution in [-0.2, 0) is 19.4 Å². The lowest BCUT2D eigenvalue weighted by Crippen LogP contribution is -2.38. The Labute approximate surface area is 135 Å². The molecular formula is C17H22N4S. The van der Waals surface area contributed by atoms with E-state index in [9.17, 15) is 0 Å². The number of benzene rings is 1. The molecule has 22 heavy (non-hydrogen) atoms. The largest absolute Gasteiger partial charge is 0.354 e. The first-order valence-electron chi connectivity index (χ1n) is 7.78. The third-order valence-electron chi connectivity index (χ3n) is 3.65. The van der Waals surface area contributed by atoms with Gasteiger partial charge in [-0.25, -0.2) is 4.98 Å². The van der Waals surface area contributed by atoms with Crippen molar-refractivity contribution < 1.29 is 0 Å². The molecule has 0 aliphatic heterocycles. The highest BCUT2D eigenvalue weighted by Gasteiger charge is 2.22. The summed E-state index contributed by atoms with van der Waals surface area (Å²) >= 11 is 1.74. The summed E-state index contributed by atoms with van der Waals surface area (Å²) < 4.78 is 0. The summed E-state index contributed by atoms with van der Waals surface area (Å²) in [6, 6.07) is 11.2. The monoisotopic (exact) mass is 314 g/mol. The van der Waals surface area contributed by atoms with Crippen molar-refractivity contribution in [2.24, 2.45) is 4.99 Å². The van der Waals surface area contributed by atoms with E-state index in [-0.39, 0.29) is 0 Å². The first-order valence-corrected chi connectivity index (χ1v) is 8.66. The molecule has 116 valence electrons. The van der Waals surface area contributed by atoms with Crippen LogP contribution < -0.4 is 10.6 Å². The third kappa shape index (κ3) is 4.56. The summed E-state index contributed by atoms with van der Waals surface area (Å²) in [5, 5.41) is 10.0. The van der Waals surface area contributed by atoms with Gasteiger partial charge in [0.25, 0.3) is 0 Å². The Balaban J connectivity index is 1.46. The topological polar surface area (TPSA) is 49.3 Å². The third-order valence-corrected chi connectivity index (χ3v) is 4.61. The average molecular weight is 314 g/mol. The van der Waals surface area contributed by atoms with Gasteiger partial charge in [-0.1, -0.05) is 30.3 Å². The number of hydrogen-bond donors (Lipinski definition) is 2. The Kier molecular flexibility index (Phi) is 5.06. The molecular weight excluding hydrogens is 292 g/mol. The normalized spacial score (nSPS) is 14.9. The molecule has 1 aliphatic rings. The Morgan fingerprint density at radius 1 is 1.27 bits per heavy atom. The average Bonchev–Trinajstić information content (AvgIpc) is 3.27. The predicted molar refractivity (Wildman–Crippen MR) is 92.3 cm³/mol. The highest BCUT2D eigenvalue weighted by atomic mass is 32.1. The van der Waals surface area contributed by atoms with Gasteiger partial charge < -0.3 is 10.6 Å². The SMILES string of the molecule is CN=C(NCc1csc(CCc2ccccc2)n1)NC1CC1. The van der Waals surface area contributed by atoms with Crippen LogP contribution >= 0.6 is 11.3 Å². The highest BCUT2D eigenvalue weighted by molar-refractivity contribution is 7.09. The van der Waals surface area contributed by atoms with Crippen molar-refractivity contribution in [3.8, 4) is 0 Å². The molecule has 1 heterocycles. The Morgan fingerprint density at radius 2 is 2.09 bits per heavy atom. The molecule has 3 rings (SSSR count). The fourth-order valence-corrected chi connectivity index (χ4v) is 3.03. The molecule has 0 radical (unpaired) electrons. The number of nitrogens with zero attached hydrogens (tertiary/aromatic N) is 2. The molecule has 1 aliphatic carbocycles. The zero-order chi connectivity index (χ0) is 15.2. The molecule has 1 aromatic carbocycles. The fraction of sp³-hybridized carbons (Fsp3) is 0.412. The number of hydrogen-bond acceptors (Lipinski definition) is 3. The van der Waals surface area contributed by atoms with Crippen LogP contribution in [0.2, 0.25) is 0 Å². The Hall–Kier alpha value is -1.88. The van der Waals surface area contributed by atoms with E-state index in [2.05, 4.69) is 51.3 Å². The van der Waals surface area contributed by atoms with Gasteiger partial charge in [0.1, 0.15) is 0 Å². The van der Waals surface area contributed by atoms with Crippen LogP contribution in [0.1, 0.15) is 29.1 Å². The van der Waals surface area contributed by atoms with Crippen LogP contribution in [0.4, 0.5) is 0 Å². The fourth-order valence-electron chi connectivity index (χ4n) is 2.23. The van der Waals surface area contributed by atoms with Gasteiger partial charge in [0.2, 0.25) is 0 Å². The van der Waals surface area contributed by atoms with Crippen molar-refractivity contribution in [2.45, 2.75) is 38.3 Å². The van der Waals surface area contributed by atoms with E-state index in [0.29, 0.717) is 6.04 Å². The van der Waals surface area contributed by atoms with Gasteiger partial charge >= 0.3 is 0 Å². The molecule has 1 saturated carbocycles. The Morgan fingerprint density at radius 3 is 2.82 bits per heavy atom. The summed E-state index contributed by atoms with van der Waals surface area (Å²) in [4.78, 5) is 8.94. The van der Waals surface area contributed by atoms with Gasteiger partial charge in [-0.15, -0.1) is 11.3 Å². The molecule has 2 N–H and O–H groups in total. The minimum atomic E-state index is 0.614. The number of aliphatic imine (C=N–C) groups is 1. The number of nitrogens with one attached hydrogen (secondary N) is 2. The highest BCUT2D eigenvalue weighted by Crippen LogP contribution is 2.18. The molecule has 0 unspecified atom stereocenters. The van der Waals surface area contributed by atoms with Crippen LogP contribution in [-0.4, -0.2) is 24.0 Å². The van der Waals surface area contributed by atoms with Crippen molar-refractivity contribution in [1.82, 2.24) is 15.6 Å². The molecule has 0 amide bonds. The number of rotatable bonds is 6. The maximum Gasteiger partial charge on any atom is 0.191 e. The second-order valence-electron chi connectivity index (χ2n) is 5.56. The smallest absolute Gasteiger partial charge is 0.191 e. The molecule has 1 aromatic heterocycles. The molecule has 0 saturated heterocycles. The van der Waals surface area contributed by atoms with Crippen molar-refractivity contribution in [3.63, 3.8) is 0 Å². The summed E-state index contributed by atoms with van der Waals surface area (Å²) in [5.74, 6) is 0.876. The summed E-state index contributed by atoms with van der Waals surface area (Å²) in [6.07, 6.45) is 4.55. The first kappa shape index (κ1) is 15.0. The summed E-state index contributed by atoms with van der Waals surface area (Å²) in [6.45, 7) is 0.730. The van der Waals surface area contributed by atoms with Gasteiger partial charge in [-0.05, 0) is 24.8 Å². The van der Waals surface area contributed by atoms with E-state index >= 15 is 0 Å². The lowest BCUT2D eigenvalue weighted by atomic mass is 10.1. The first-order chi connectivity index (χ1) is 10.8. The summed E-state index contributed by atoms with van der Waals surface area (Å²) in [5.41, 5.74) is 2.46.